The SMILES string of the molecule is CC(C)C1OC(=O)C2(C=Cc3ccc4ccc(nc4c3)[C@@H](C)NC(=O)[C@@H]3CCCN(N3)C(=O)[C@H](C)NC1=O)COCCOC2. The quantitative estimate of drug-likeness (QED) is 0.414. The van der Waals surface area contributed by atoms with Crippen LogP contribution in [-0.2, 0) is 33.4 Å². The average Bonchev–Trinajstić information content (AvgIpc) is 3.27. The summed E-state index contributed by atoms with van der Waals surface area (Å²) in [5.41, 5.74) is 3.92. The van der Waals surface area contributed by atoms with Crippen molar-refractivity contribution in [2.45, 2.75) is 64.8 Å². The predicted molar refractivity (Wildman–Crippen MR) is 162 cm³/mol. The van der Waals surface area contributed by atoms with Crippen LogP contribution < -0.4 is 16.1 Å². The molecular formula is C32H41N5O7. The molecule has 1 aromatic heterocycles. The number of ether oxygens (including phenoxy) is 3. The number of nitrogens with one attached hydrogen (secondary N) is 3. The number of hydrogen-bond donors (Lipinski definition) is 3. The van der Waals surface area contributed by atoms with Gasteiger partial charge in [0.1, 0.15) is 17.5 Å². The molecule has 5 rings (SSSR count). The van der Waals surface area contributed by atoms with E-state index >= 15 is 0 Å². The number of hydrazine groups is 1. The Labute approximate surface area is 256 Å². The number of rotatable bonds is 1. The highest BCUT2D eigenvalue weighted by molar-refractivity contribution is 5.92. The molecule has 2 fully saturated rings. The van der Waals surface area contributed by atoms with Gasteiger partial charge in [-0.1, -0.05) is 44.2 Å². The molecule has 3 aliphatic heterocycles. The highest BCUT2D eigenvalue weighted by Gasteiger charge is 2.43. The molecule has 2 aromatic rings. The molecule has 236 valence electrons. The largest absolute Gasteiger partial charge is 0.451 e. The number of amides is 3. The van der Waals surface area contributed by atoms with Crippen LogP contribution in [0.1, 0.15) is 57.8 Å². The van der Waals surface area contributed by atoms with E-state index in [-0.39, 0.29) is 25.0 Å². The van der Waals surface area contributed by atoms with Gasteiger partial charge in [0, 0.05) is 11.9 Å². The molecule has 0 aliphatic carbocycles. The molecule has 1 unspecified atom stereocenters. The second-order valence-electron chi connectivity index (χ2n) is 12.1. The van der Waals surface area contributed by atoms with E-state index in [1.54, 1.807) is 32.9 Å². The van der Waals surface area contributed by atoms with Crippen molar-refractivity contribution in [1.82, 2.24) is 26.1 Å². The van der Waals surface area contributed by atoms with Crippen LogP contribution in [-0.4, -0.2) is 84.8 Å². The van der Waals surface area contributed by atoms with Crippen molar-refractivity contribution < 1.29 is 33.4 Å². The molecule has 44 heavy (non-hydrogen) atoms. The number of nitrogens with zero attached hydrogens (tertiary/aromatic N) is 2. The summed E-state index contributed by atoms with van der Waals surface area (Å²) in [5.74, 6) is -2.29. The minimum Gasteiger partial charge on any atom is -0.451 e. The van der Waals surface area contributed by atoms with Gasteiger partial charge in [0.2, 0.25) is 5.91 Å². The Balaban J connectivity index is 1.54. The molecule has 2 saturated heterocycles. The van der Waals surface area contributed by atoms with E-state index in [2.05, 4.69) is 16.1 Å². The summed E-state index contributed by atoms with van der Waals surface area (Å²) in [4.78, 5) is 58.6. The van der Waals surface area contributed by atoms with E-state index in [0.29, 0.717) is 38.3 Å². The zero-order valence-electron chi connectivity index (χ0n) is 25.6. The van der Waals surface area contributed by atoms with Crippen molar-refractivity contribution in [3.8, 4) is 0 Å². The van der Waals surface area contributed by atoms with Gasteiger partial charge in [0.05, 0.1) is 43.7 Å². The molecule has 12 heteroatoms. The number of carbonyl (C=O) groups excluding carboxylic acids is 4. The first-order chi connectivity index (χ1) is 21.1. The van der Waals surface area contributed by atoms with Gasteiger partial charge < -0.3 is 24.8 Å². The summed E-state index contributed by atoms with van der Waals surface area (Å²) in [5, 5.41) is 8.02. The third-order valence-electron chi connectivity index (χ3n) is 8.23. The van der Waals surface area contributed by atoms with E-state index in [1.165, 1.54) is 5.01 Å². The topological polar surface area (TPSA) is 148 Å². The second kappa shape index (κ2) is 13.4. The highest BCUT2D eigenvalue weighted by atomic mass is 16.6. The minimum atomic E-state index is -1.31. The molecule has 0 radical (unpaired) electrons. The Morgan fingerprint density at radius 1 is 0.955 bits per heavy atom. The van der Waals surface area contributed by atoms with E-state index in [4.69, 9.17) is 19.2 Å². The van der Waals surface area contributed by atoms with Crippen molar-refractivity contribution >= 4 is 40.7 Å². The number of benzene rings is 1. The van der Waals surface area contributed by atoms with Crippen LogP contribution in [0.15, 0.2) is 36.4 Å². The van der Waals surface area contributed by atoms with Gasteiger partial charge in [-0.2, -0.15) is 0 Å². The lowest BCUT2D eigenvalue weighted by Crippen LogP contribution is -2.61. The zero-order chi connectivity index (χ0) is 31.4. The first-order valence-electron chi connectivity index (χ1n) is 15.2. The van der Waals surface area contributed by atoms with Gasteiger partial charge in [-0.25, -0.2) is 5.43 Å². The average molecular weight is 608 g/mol. The van der Waals surface area contributed by atoms with Crippen LogP contribution in [0.3, 0.4) is 0 Å². The van der Waals surface area contributed by atoms with Crippen molar-refractivity contribution in [2.24, 2.45) is 11.3 Å². The molecule has 4 atom stereocenters. The fourth-order valence-electron chi connectivity index (χ4n) is 5.54. The van der Waals surface area contributed by atoms with Crippen LogP contribution in [0, 0.1) is 11.3 Å². The lowest BCUT2D eigenvalue weighted by atomic mass is 9.88. The van der Waals surface area contributed by atoms with Gasteiger partial charge in [-0.3, -0.25) is 29.2 Å². The maximum Gasteiger partial charge on any atom is 0.321 e. The van der Waals surface area contributed by atoms with Crippen LogP contribution in [0.5, 0.6) is 0 Å². The van der Waals surface area contributed by atoms with Crippen LogP contribution >= 0.6 is 0 Å². The Hall–Kier alpha value is -3.87. The van der Waals surface area contributed by atoms with E-state index < -0.39 is 47.4 Å². The number of hydrogen-bond acceptors (Lipinski definition) is 9. The molecule has 4 heterocycles. The van der Waals surface area contributed by atoms with Crippen LogP contribution in [0.25, 0.3) is 17.0 Å². The molecular weight excluding hydrogens is 566 g/mol. The molecule has 12 nitrogen and oxygen atoms in total. The Morgan fingerprint density at radius 2 is 1.66 bits per heavy atom. The third-order valence-corrected chi connectivity index (χ3v) is 8.23. The molecule has 5 bridgehead atoms. The van der Waals surface area contributed by atoms with Gasteiger partial charge >= 0.3 is 5.97 Å². The summed E-state index contributed by atoms with van der Waals surface area (Å²) in [6, 6.07) is 7.63. The minimum absolute atomic E-state index is 0.0125. The van der Waals surface area contributed by atoms with Crippen molar-refractivity contribution in [3.63, 3.8) is 0 Å². The molecule has 1 aromatic carbocycles. The standard InChI is InChI=1S/C32H41N5O7/c1-19(2)27-29(39)34-21(4)30(40)37-13-5-6-25(36-37)28(38)33-20(3)24-10-9-23-8-7-22(16-26(23)35-24)11-12-32(31(41)44-27)17-42-14-15-43-18-32/h7-12,16,19-21,25,27,36H,5-6,13-15,17-18H2,1-4H3,(H,33,38)(H,34,39)/t20-,21+,25+,27?/m1/s1. The number of esters is 1. The number of pyridine rings is 1. The van der Waals surface area contributed by atoms with E-state index in [9.17, 15) is 19.2 Å². The summed E-state index contributed by atoms with van der Waals surface area (Å²) >= 11 is 0. The van der Waals surface area contributed by atoms with Crippen LogP contribution in [0.2, 0.25) is 0 Å². The predicted octanol–water partition coefficient (Wildman–Crippen LogP) is 2.04. The van der Waals surface area contributed by atoms with E-state index in [0.717, 1.165) is 16.5 Å². The van der Waals surface area contributed by atoms with Gasteiger partial charge in [0.25, 0.3) is 11.8 Å². The molecule has 0 saturated carbocycles. The first kappa shape index (κ1) is 31.6. The molecule has 3 N–H and O–H groups in total. The normalized spacial score (nSPS) is 27.2. The maximum atomic E-state index is 13.8. The molecule has 3 amide bonds. The zero-order valence-corrected chi connectivity index (χ0v) is 25.6. The van der Waals surface area contributed by atoms with Gasteiger partial charge in [-0.15, -0.1) is 0 Å². The fraction of sp³-hybridized carbons (Fsp3) is 0.531. The van der Waals surface area contributed by atoms with Crippen LogP contribution in [0.4, 0.5) is 0 Å². The second-order valence-corrected chi connectivity index (χ2v) is 12.1. The summed E-state index contributed by atoms with van der Waals surface area (Å²) < 4.78 is 17.4. The number of cyclic esters (lactones) is 1. The first-order valence-corrected chi connectivity index (χ1v) is 15.2. The summed E-state index contributed by atoms with van der Waals surface area (Å²) in [7, 11) is 0. The van der Waals surface area contributed by atoms with Gasteiger partial charge in [0.15, 0.2) is 6.10 Å². The number of aromatic nitrogens is 1. The smallest absolute Gasteiger partial charge is 0.321 e. The van der Waals surface area contributed by atoms with Crippen molar-refractivity contribution in [1.29, 1.82) is 0 Å². The Kier molecular flexibility index (Phi) is 9.62. The van der Waals surface area contributed by atoms with Gasteiger partial charge in [-0.05, 0) is 50.3 Å². The molecule has 3 aliphatic rings. The van der Waals surface area contributed by atoms with E-state index in [1.807, 2.05) is 37.3 Å². The molecule has 1 spiro atoms. The third kappa shape index (κ3) is 6.92. The summed E-state index contributed by atoms with van der Waals surface area (Å²) in [6.07, 6.45) is 3.49. The monoisotopic (exact) mass is 607 g/mol. The van der Waals surface area contributed by atoms with Crippen molar-refractivity contribution in [3.05, 3.63) is 47.7 Å². The van der Waals surface area contributed by atoms with Crippen molar-refractivity contribution in [2.75, 3.05) is 33.0 Å². The Bertz CT molecular complexity index is 1440. The lowest BCUT2D eigenvalue weighted by molar-refractivity contribution is -0.170. The maximum absolute atomic E-state index is 13.8. The fourth-order valence-corrected chi connectivity index (χ4v) is 5.54. The highest BCUT2D eigenvalue weighted by Crippen LogP contribution is 2.29. The lowest BCUT2D eigenvalue weighted by Gasteiger charge is -2.35. The Morgan fingerprint density at radius 3 is 2.39 bits per heavy atom. The number of fused-ring (bicyclic) bond motifs is 4. The number of carbonyl (C=O) groups is 4. The summed E-state index contributed by atoms with van der Waals surface area (Å²) in [6.45, 7) is 8.00.